The minimum atomic E-state index is -0.194. The van der Waals surface area contributed by atoms with E-state index in [9.17, 15) is 4.79 Å². The molecule has 0 aliphatic carbocycles. The molecule has 0 unspecified atom stereocenters. The molecule has 4 aromatic rings. The van der Waals surface area contributed by atoms with Gasteiger partial charge < -0.3 is 24.3 Å². The first-order valence-corrected chi connectivity index (χ1v) is 13.0. The van der Waals surface area contributed by atoms with E-state index in [-0.39, 0.29) is 18.3 Å². The van der Waals surface area contributed by atoms with Crippen molar-refractivity contribution in [1.29, 1.82) is 0 Å². The minimum Gasteiger partial charge on any atom is -0.494 e. The number of ether oxygens (including phenoxy) is 4. The van der Waals surface area contributed by atoms with Crippen molar-refractivity contribution in [2.45, 2.75) is 25.6 Å². The Labute approximate surface area is 226 Å². The Hall–Kier alpha value is -4.18. The number of methoxy groups -OCH3 is 2. The molecule has 9 nitrogen and oxygen atoms in total. The maximum absolute atomic E-state index is 12.7. The van der Waals surface area contributed by atoms with E-state index in [2.05, 4.69) is 15.5 Å². The maximum Gasteiger partial charge on any atom is 0.234 e. The number of hydrogen-bond acceptors (Lipinski definition) is 8. The molecule has 4 rings (SSSR count). The summed E-state index contributed by atoms with van der Waals surface area (Å²) in [5.41, 5.74) is 2.59. The fourth-order valence-electron chi connectivity index (χ4n) is 3.63. The van der Waals surface area contributed by atoms with E-state index in [0.717, 1.165) is 22.7 Å². The van der Waals surface area contributed by atoms with Crippen molar-refractivity contribution in [2.75, 3.05) is 31.9 Å². The third kappa shape index (κ3) is 6.77. The highest BCUT2D eigenvalue weighted by Crippen LogP contribution is 2.30. The Morgan fingerprint density at radius 3 is 2.26 bits per heavy atom. The van der Waals surface area contributed by atoms with Gasteiger partial charge in [-0.1, -0.05) is 29.5 Å². The Morgan fingerprint density at radius 2 is 1.58 bits per heavy atom. The van der Waals surface area contributed by atoms with Gasteiger partial charge in [0.15, 0.2) is 22.5 Å². The number of hydrogen-bond donors (Lipinski definition) is 1. The van der Waals surface area contributed by atoms with Crippen LogP contribution in [0.3, 0.4) is 0 Å². The van der Waals surface area contributed by atoms with Gasteiger partial charge in [0.25, 0.3) is 0 Å². The predicted octanol–water partition coefficient (Wildman–Crippen LogP) is 5.30. The van der Waals surface area contributed by atoms with E-state index in [1.54, 1.807) is 32.4 Å². The molecule has 0 aliphatic heterocycles. The zero-order chi connectivity index (χ0) is 26.9. The topological polar surface area (TPSA) is 96.7 Å². The summed E-state index contributed by atoms with van der Waals surface area (Å²) in [4.78, 5) is 12.7. The molecular formula is C28H30N4O5S. The number of benzene rings is 3. The molecule has 10 heteroatoms. The molecule has 0 saturated heterocycles. The summed E-state index contributed by atoms with van der Waals surface area (Å²) >= 11 is 1.28. The van der Waals surface area contributed by atoms with E-state index in [1.165, 1.54) is 11.8 Å². The molecule has 0 aliphatic rings. The van der Waals surface area contributed by atoms with Gasteiger partial charge in [-0.25, -0.2) is 0 Å². The van der Waals surface area contributed by atoms with Crippen molar-refractivity contribution >= 4 is 23.4 Å². The lowest BCUT2D eigenvalue weighted by molar-refractivity contribution is -0.113. The van der Waals surface area contributed by atoms with Crippen LogP contribution in [-0.2, 0) is 11.4 Å². The van der Waals surface area contributed by atoms with Gasteiger partial charge in [0.1, 0.15) is 18.1 Å². The molecule has 0 bridgehead atoms. The number of carbonyl (C=O) groups excluding carboxylic acids is 1. The first kappa shape index (κ1) is 26.9. The fraction of sp³-hybridized carbons (Fsp3) is 0.250. The Bertz CT molecular complexity index is 1360. The standard InChI is InChI=1S/C28H30N4O5S/c1-5-36-22-13-9-21(10-14-22)32-26(17-37-23-11-6-19(2)7-12-23)30-31-28(32)38-18-27(33)29-20-8-15-24(34-3)25(16-20)35-4/h6-16H,5,17-18H2,1-4H3,(H,29,33). The first-order chi connectivity index (χ1) is 18.5. The van der Waals surface area contributed by atoms with Crippen molar-refractivity contribution in [3.05, 3.63) is 78.1 Å². The second-order valence-corrected chi connectivity index (χ2v) is 9.11. The number of aromatic nitrogens is 3. The minimum absolute atomic E-state index is 0.127. The van der Waals surface area contributed by atoms with Gasteiger partial charge in [-0.15, -0.1) is 10.2 Å². The van der Waals surface area contributed by atoms with Crippen LogP contribution in [0.25, 0.3) is 5.69 Å². The predicted molar refractivity (Wildman–Crippen MR) is 147 cm³/mol. The van der Waals surface area contributed by atoms with Gasteiger partial charge in [0.2, 0.25) is 5.91 Å². The van der Waals surface area contributed by atoms with E-state index in [0.29, 0.717) is 34.8 Å². The average Bonchev–Trinajstić information content (AvgIpc) is 3.35. The second kappa shape index (κ2) is 12.9. The Morgan fingerprint density at radius 1 is 0.895 bits per heavy atom. The highest BCUT2D eigenvalue weighted by molar-refractivity contribution is 7.99. The first-order valence-electron chi connectivity index (χ1n) is 12.0. The molecule has 0 fully saturated rings. The molecule has 3 aromatic carbocycles. The summed E-state index contributed by atoms with van der Waals surface area (Å²) < 4.78 is 24.0. The van der Waals surface area contributed by atoms with E-state index < -0.39 is 0 Å². The van der Waals surface area contributed by atoms with Crippen molar-refractivity contribution in [3.63, 3.8) is 0 Å². The van der Waals surface area contributed by atoms with Gasteiger partial charge in [0.05, 0.1) is 26.6 Å². The molecule has 0 spiro atoms. The van der Waals surface area contributed by atoms with Crippen LogP contribution in [0.15, 0.2) is 71.9 Å². The summed E-state index contributed by atoms with van der Waals surface area (Å²) in [6, 6.07) is 20.7. The normalized spacial score (nSPS) is 10.6. The SMILES string of the molecule is CCOc1ccc(-n2c(COc3ccc(C)cc3)nnc2SCC(=O)Nc2ccc(OC)c(OC)c2)cc1. The number of amides is 1. The summed E-state index contributed by atoms with van der Waals surface area (Å²) in [7, 11) is 3.11. The zero-order valence-corrected chi connectivity index (χ0v) is 22.6. The van der Waals surface area contributed by atoms with Crippen LogP contribution in [0.2, 0.25) is 0 Å². The van der Waals surface area contributed by atoms with Gasteiger partial charge in [-0.05, 0) is 62.4 Å². The second-order valence-electron chi connectivity index (χ2n) is 8.17. The number of carbonyl (C=O) groups is 1. The molecule has 0 saturated carbocycles. The molecule has 0 radical (unpaired) electrons. The van der Waals surface area contributed by atoms with Crippen LogP contribution < -0.4 is 24.3 Å². The average molecular weight is 535 g/mol. The third-order valence-corrected chi connectivity index (χ3v) is 6.42. The molecule has 1 aromatic heterocycles. The van der Waals surface area contributed by atoms with E-state index in [1.807, 2.05) is 66.9 Å². The quantitative estimate of drug-likeness (QED) is 0.245. The van der Waals surface area contributed by atoms with Crippen molar-refractivity contribution in [1.82, 2.24) is 14.8 Å². The molecular weight excluding hydrogens is 504 g/mol. The highest BCUT2D eigenvalue weighted by Gasteiger charge is 2.17. The summed E-state index contributed by atoms with van der Waals surface area (Å²) in [6.45, 7) is 4.76. The number of nitrogens with zero attached hydrogens (tertiary/aromatic N) is 3. The lowest BCUT2D eigenvalue weighted by atomic mass is 10.2. The maximum atomic E-state index is 12.7. The molecule has 0 atom stereocenters. The molecule has 1 heterocycles. The van der Waals surface area contributed by atoms with Gasteiger partial charge in [0, 0.05) is 17.4 Å². The molecule has 198 valence electrons. The van der Waals surface area contributed by atoms with Crippen LogP contribution in [-0.4, -0.2) is 47.3 Å². The number of aryl methyl sites for hydroxylation is 1. The van der Waals surface area contributed by atoms with Crippen LogP contribution in [0.5, 0.6) is 23.0 Å². The van der Waals surface area contributed by atoms with E-state index in [4.69, 9.17) is 18.9 Å². The summed E-state index contributed by atoms with van der Waals surface area (Å²) in [5.74, 6) is 3.17. The largest absolute Gasteiger partial charge is 0.494 e. The lowest BCUT2D eigenvalue weighted by Gasteiger charge is -2.13. The van der Waals surface area contributed by atoms with Crippen molar-refractivity contribution in [2.24, 2.45) is 0 Å². The smallest absolute Gasteiger partial charge is 0.234 e. The van der Waals surface area contributed by atoms with Crippen molar-refractivity contribution < 1.29 is 23.7 Å². The monoisotopic (exact) mass is 534 g/mol. The molecule has 38 heavy (non-hydrogen) atoms. The van der Waals surface area contributed by atoms with Gasteiger partial charge in [-0.3, -0.25) is 9.36 Å². The Balaban J connectivity index is 1.50. The van der Waals surface area contributed by atoms with E-state index >= 15 is 0 Å². The number of rotatable bonds is 12. The van der Waals surface area contributed by atoms with Crippen LogP contribution >= 0.6 is 11.8 Å². The Kier molecular flexibility index (Phi) is 9.10. The highest BCUT2D eigenvalue weighted by atomic mass is 32.2. The van der Waals surface area contributed by atoms with Gasteiger partial charge >= 0.3 is 0 Å². The molecule has 1 N–H and O–H groups in total. The van der Waals surface area contributed by atoms with Crippen molar-refractivity contribution in [3.8, 4) is 28.7 Å². The van der Waals surface area contributed by atoms with Crippen LogP contribution in [0.1, 0.15) is 18.3 Å². The fourth-order valence-corrected chi connectivity index (χ4v) is 4.40. The lowest BCUT2D eigenvalue weighted by Crippen LogP contribution is -2.15. The third-order valence-electron chi connectivity index (χ3n) is 5.49. The zero-order valence-electron chi connectivity index (χ0n) is 21.8. The van der Waals surface area contributed by atoms with Gasteiger partial charge in [-0.2, -0.15) is 0 Å². The number of anilines is 1. The summed E-state index contributed by atoms with van der Waals surface area (Å²) in [5, 5.41) is 12.2. The number of thioether (sulfide) groups is 1. The molecule has 1 amide bonds. The van der Waals surface area contributed by atoms with Crippen LogP contribution in [0, 0.1) is 6.92 Å². The summed E-state index contributed by atoms with van der Waals surface area (Å²) in [6.07, 6.45) is 0. The number of nitrogens with one attached hydrogen (secondary N) is 1. The van der Waals surface area contributed by atoms with Crippen LogP contribution in [0.4, 0.5) is 5.69 Å².